The molecule has 6 heteroatoms. The highest BCUT2D eigenvalue weighted by molar-refractivity contribution is 5.84. The van der Waals surface area contributed by atoms with Crippen LogP contribution in [0.1, 0.15) is 30.7 Å². The van der Waals surface area contributed by atoms with Gasteiger partial charge in [-0.05, 0) is 44.9 Å². The minimum Gasteiger partial charge on any atom is -0.395 e. The van der Waals surface area contributed by atoms with Gasteiger partial charge in [0.1, 0.15) is 0 Å². The highest BCUT2D eigenvalue weighted by Gasteiger charge is 2.48. The lowest BCUT2D eigenvalue weighted by Crippen LogP contribution is -2.50. The first kappa shape index (κ1) is 17.4. The third kappa shape index (κ3) is 3.08. The Morgan fingerprint density at radius 1 is 1.15 bits per heavy atom. The molecule has 2 saturated heterocycles. The van der Waals surface area contributed by atoms with Gasteiger partial charge in [-0.2, -0.15) is 0 Å². The van der Waals surface area contributed by atoms with Crippen LogP contribution < -0.4 is 0 Å². The van der Waals surface area contributed by atoms with Crippen molar-refractivity contribution in [3.8, 4) is 0 Å². The molecule has 138 valence electrons. The molecule has 3 heterocycles. The average Bonchev–Trinajstić information content (AvgIpc) is 3.04. The van der Waals surface area contributed by atoms with Crippen LogP contribution in [0.15, 0.2) is 24.3 Å². The van der Waals surface area contributed by atoms with E-state index in [1.54, 1.807) is 0 Å². The van der Waals surface area contributed by atoms with E-state index in [1.165, 1.54) is 0 Å². The zero-order chi connectivity index (χ0) is 18.1. The van der Waals surface area contributed by atoms with Crippen molar-refractivity contribution >= 4 is 16.9 Å². The number of carbonyl (C=O) groups is 1. The minimum absolute atomic E-state index is 0.0391. The summed E-state index contributed by atoms with van der Waals surface area (Å²) in [6.07, 6.45) is 2.87. The van der Waals surface area contributed by atoms with Gasteiger partial charge in [-0.3, -0.25) is 9.69 Å². The second kappa shape index (κ2) is 6.93. The number of nitrogens with zero attached hydrogens (tertiary/aromatic N) is 4. The van der Waals surface area contributed by atoms with Crippen LogP contribution in [0.3, 0.4) is 0 Å². The first-order valence-electron chi connectivity index (χ1n) is 9.46. The van der Waals surface area contributed by atoms with Crippen LogP contribution in [-0.4, -0.2) is 63.6 Å². The molecule has 4 rings (SSSR count). The van der Waals surface area contributed by atoms with Crippen LogP contribution in [0.2, 0.25) is 0 Å². The molecule has 0 aliphatic carbocycles. The number of benzene rings is 1. The number of hydrogen-bond acceptors (Lipinski definition) is 5. The molecule has 2 aromatic rings. The zero-order valence-corrected chi connectivity index (χ0v) is 15.3. The van der Waals surface area contributed by atoms with Crippen molar-refractivity contribution in [3.05, 3.63) is 35.7 Å². The van der Waals surface area contributed by atoms with Crippen molar-refractivity contribution < 1.29 is 9.90 Å². The van der Waals surface area contributed by atoms with Crippen molar-refractivity contribution in [2.45, 2.75) is 32.7 Å². The van der Waals surface area contributed by atoms with E-state index in [0.29, 0.717) is 6.54 Å². The van der Waals surface area contributed by atoms with Crippen molar-refractivity contribution in [1.29, 1.82) is 0 Å². The number of aliphatic hydroxyl groups is 1. The number of para-hydroxylation sites is 2. The van der Waals surface area contributed by atoms with E-state index in [2.05, 4.69) is 9.88 Å². The van der Waals surface area contributed by atoms with Gasteiger partial charge in [-0.25, -0.2) is 9.97 Å². The average molecular weight is 354 g/mol. The van der Waals surface area contributed by atoms with Crippen LogP contribution in [0.4, 0.5) is 0 Å². The standard InChI is InChI=1S/C20H26N4O2/c1-15-18(22-17-6-3-2-5-16(17)21-15)13-23-10-8-20(14-23)7-4-9-24(11-12-25)19(20)26/h2-3,5-6,25H,4,7-14H2,1H3/t20-/m1/s1. The number of piperidine rings is 1. The van der Waals surface area contributed by atoms with E-state index in [0.717, 1.165) is 67.9 Å². The molecular weight excluding hydrogens is 328 g/mol. The lowest BCUT2D eigenvalue weighted by molar-refractivity contribution is -0.146. The fourth-order valence-electron chi connectivity index (χ4n) is 4.44. The van der Waals surface area contributed by atoms with Crippen molar-refractivity contribution in [2.24, 2.45) is 5.41 Å². The Morgan fingerprint density at radius 2 is 1.92 bits per heavy atom. The van der Waals surface area contributed by atoms with Crippen LogP contribution in [0.25, 0.3) is 11.0 Å². The van der Waals surface area contributed by atoms with Crippen molar-refractivity contribution in [1.82, 2.24) is 19.8 Å². The maximum atomic E-state index is 12.9. The highest BCUT2D eigenvalue weighted by atomic mass is 16.3. The number of rotatable bonds is 4. The molecular formula is C20H26N4O2. The fourth-order valence-corrected chi connectivity index (χ4v) is 4.44. The predicted molar refractivity (Wildman–Crippen MR) is 99.5 cm³/mol. The van der Waals surface area contributed by atoms with Gasteiger partial charge in [-0.15, -0.1) is 0 Å². The summed E-state index contributed by atoms with van der Waals surface area (Å²) in [6.45, 7) is 5.70. The summed E-state index contributed by atoms with van der Waals surface area (Å²) in [4.78, 5) is 26.6. The number of β-amino-alcohol motifs (C(OH)–C–C–N with tert-alkyl or cyclic N) is 1. The number of likely N-dealkylation sites (tertiary alicyclic amines) is 2. The summed E-state index contributed by atoms with van der Waals surface area (Å²) >= 11 is 0. The number of amides is 1. The van der Waals surface area contributed by atoms with Crippen LogP contribution >= 0.6 is 0 Å². The quantitative estimate of drug-likeness (QED) is 0.906. The largest absolute Gasteiger partial charge is 0.395 e. The Bertz CT molecular complexity index is 823. The third-order valence-corrected chi connectivity index (χ3v) is 5.84. The summed E-state index contributed by atoms with van der Waals surface area (Å²) in [7, 11) is 0. The number of hydrogen-bond donors (Lipinski definition) is 1. The topological polar surface area (TPSA) is 69.6 Å². The van der Waals surface area contributed by atoms with E-state index in [-0.39, 0.29) is 17.9 Å². The molecule has 0 saturated carbocycles. The molecule has 1 aromatic carbocycles. The van der Waals surface area contributed by atoms with Crippen LogP contribution in [0, 0.1) is 12.3 Å². The van der Waals surface area contributed by atoms with Gasteiger partial charge in [0, 0.05) is 26.2 Å². The third-order valence-electron chi connectivity index (χ3n) is 5.84. The first-order chi connectivity index (χ1) is 12.6. The fraction of sp³-hybridized carbons (Fsp3) is 0.550. The van der Waals surface area contributed by atoms with E-state index >= 15 is 0 Å². The smallest absolute Gasteiger partial charge is 0.230 e. The molecule has 2 fully saturated rings. The van der Waals surface area contributed by atoms with E-state index in [1.807, 2.05) is 36.1 Å². The van der Waals surface area contributed by atoms with Gasteiger partial charge in [0.2, 0.25) is 5.91 Å². The first-order valence-corrected chi connectivity index (χ1v) is 9.46. The second-order valence-electron chi connectivity index (χ2n) is 7.60. The molecule has 26 heavy (non-hydrogen) atoms. The predicted octanol–water partition coefficient (Wildman–Crippen LogP) is 1.75. The van der Waals surface area contributed by atoms with Gasteiger partial charge < -0.3 is 10.0 Å². The number of aryl methyl sites for hydroxylation is 1. The molecule has 1 atom stereocenters. The lowest BCUT2D eigenvalue weighted by atomic mass is 9.78. The summed E-state index contributed by atoms with van der Waals surface area (Å²) in [5.74, 6) is 0.224. The summed E-state index contributed by atoms with van der Waals surface area (Å²) in [5, 5.41) is 9.21. The Balaban J connectivity index is 1.51. The Morgan fingerprint density at radius 3 is 2.69 bits per heavy atom. The Labute approximate surface area is 153 Å². The number of fused-ring (bicyclic) bond motifs is 1. The van der Waals surface area contributed by atoms with Gasteiger partial charge in [0.25, 0.3) is 0 Å². The molecule has 0 radical (unpaired) electrons. The maximum Gasteiger partial charge on any atom is 0.230 e. The SMILES string of the molecule is Cc1nc2ccccc2nc1CN1CC[C@]2(CCCN(CCO)C2=O)C1. The minimum atomic E-state index is -0.272. The van der Waals surface area contributed by atoms with Gasteiger partial charge in [-0.1, -0.05) is 12.1 Å². The molecule has 0 unspecified atom stereocenters. The van der Waals surface area contributed by atoms with Gasteiger partial charge in [0.15, 0.2) is 0 Å². The van der Waals surface area contributed by atoms with Crippen molar-refractivity contribution in [3.63, 3.8) is 0 Å². The van der Waals surface area contributed by atoms with Crippen molar-refractivity contribution in [2.75, 3.05) is 32.8 Å². The molecule has 1 N–H and O–H groups in total. The molecule has 1 spiro atoms. The van der Waals surface area contributed by atoms with E-state index in [4.69, 9.17) is 4.98 Å². The maximum absolute atomic E-state index is 12.9. The van der Waals surface area contributed by atoms with Gasteiger partial charge in [0.05, 0.1) is 34.4 Å². The second-order valence-corrected chi connectivity index (χ2v) is 7.60. The Hall–Kier alpha value is -2.05. The number of aromatic nitrogens is 2. The van der Waals surface area contributed by atoms with E-state index in [9.17, 15) is 9.90 Å². The zero-order valence-electron chi connectivity index (χ0n) is 15.3. The van der Waals surface area contributed by atoms with Crippen LogP contribution in [0.5, 0.6) is 0 Å². The monoisotopic (exact) mass is 354 g/mol. The molecule has 1 amide bonds. The number of carbonyl (C=O) groups excluding carboxylic acids is 1. The summed E-state index contributed by atoms with van der Waals surface area (Å²) in [6, 6.07) is 7.94. The van der Waals surface area contributed by atoms with Crippen LogP contribution in [-0.2, 0) is 11.3 Å². The lowest BCUT2D eigenvalue weighted by Gasteiger charge is -2.39. The van der Waals surface area contributed by atoms with E-state index < -0.39 is 0 Å². The molecule has 0 bridgehead atoms. The molecule has 2 aliphatic rings. The summed E-state index contributed by atoms with van der Waals surface area (Å²) < 4.78 is 0. The number of aliphatic hydroxyl groups excluding tert-OH is 1. The molecule has 2 aliphatic heterocycles. The van der Waals surface area contributed by atoms with Gasteiger partial charge >= 0.3 is 0 Å². The summed E-state index contributed by atoms with van der Waals surface area (Å²) in [5.41, 5.74) is 3.53. The Kier molecular flexibility index (Phi) is 4.63. The highest BCUT2D eigenvalue weighted by Crippen LogP contribution is 2.40. The molecule has 6 nitrogen and oxygen atoms in total. The molecule has 1 aromatic heterocycles. The normalized spacial score (nSPS) is 24.1.